The standard InChI is InChI=1S/C16H21NO2/c1-4-11-7-6-8-13-10(3)15(17-16(11)13)12(5-2)9-14(18)19/h6-8,12,17H,4-5,9H2,1-3H3,(H,18,19). The van der Waals surface area contributed by atoms with Crippen LogP contribution in [0.25, 0.3) is 10.9 Å². The van der Waals surface area contributed by atoms with E-state index in [1.807, 2.05) is 6.92 Å². The molecular formula is C16H21NO2. The Labute approximate surface area is 113 Å². The van der Waals surface area contributed by atoms with Gasteiger partial charge in [-0.1, -0.05) is 32.0 Å². The molecule has 1 atom stereocenters. The third-order valence-corrected chi connectivity index (χ3v) is 3.92. The number of aromatic amines is 1. The third kappa shape index (κ3) is 2.50. The van der Waals surface area contributed by atoms with Crippen LogP contribution in [0.3, 0.4) is 0 Å². The molecule has 1 aromatic carbocycles. The number of carboxylic acid groups (broad SMARTS) is 1. The molecule has 19 heavy (non-hydrogen) atoms. The summed E-state index contributed by atoms with van der Waals surface area (Å²) in [6.07, 6.45) is 2.00. The average Bonchev–Trinajstić information content (AvgIpc) is 2.73. The van der Waals surface area contributed by atoms with Crippen LogP contribution in [0, 0.1) is 6.92 Å². The van der Waals surface area contributed by atoms with Crippen molar-refractivity contribution in [3.63, 3.8) is 0 Å². The van der Waals surface area contributed by atoms with Crippen LogP contribution in [0.4, 0.5) is 0 Å². The molecule has 2 rings (SSSR count). The van der Waals surface area contributed by atoms with Gasteiger partial charge in [0, 0.05) is 22.5 Å². The van der Waals surface area contributed by atoms with Crippen LogP contribution < -0.4 is 0 Å². The van der Waals surface area contributed by atoms with Gasteiger partial charge in [0.15, 0.2) is 0 Å². The second-order valence-corrected chi connectivity index (χ2v) is 5.06. The Morgan fingerprint density at radius 2 is 2.11 bits per heavy atom. The van der Waals surface area contributed by atoms with E-state index in [1.165, 1.54) is 22.0 Å². The number of rotatable bonds is 5. The van der Waals surface area contributed by atoms with Crippen LogP contribution >= 0.6 is 0 Å². The van der Waals surface area contributed by atoms with Crippen molar-refractivity contribution in [1.82, 2.24) is 4.98 Å². The number of para-hydroxylation sites is 1. The molecule has 3 nitrogen and oxygen atoms in total. The van der Waals surface area contributed by atoms with Gasteiger partial charge in [0.25, 0.3) is 0 Å². The molecule has 3 heteroatoms. The van der Waals surface area contributed by atoms with E-state index in [4.69, 9.17) is 5.11 Å². The molecule has 2 aromatic rings. The second-order valence-electron chi connectivity index (χ2n) is 5.06. The van der Waals surface area contributed by atoms with Gasteiger partial charge in [-0.25, -0.2) is 0 Å². The lowest BCUT2D eigenvalue weighted by Crippen LogP contribution is -2.06. The number of hydrogen-bond acceptors (Lipinski definition) is 1. The molecule has 0 amide bonds. The molecule has 0 radical (unpaired) electrons. The summed E-state index contributed by atoms with van der Waals surface area (Å²) in [5.41, 5.74) is 4.73. The monoisotopic (exact) mass is 259 g/mol. The number of aromatic nitrogens is 1. The Bertz CT molecular complexity index is 598. The van der Waals surface area contributed by atoms with E-state index < -0.39 is 5.97 Å². The van der Waals surface area contributed by atoms with Gasteiger partial charge in [-0.15, -0.1) is 0 Å². The lowest BCUT2D eigenvalue weighted by atomic mass is 9.95. The van der Waals surface area contributed by atoms with Crippen LogP contribution in [-0.2, 0) is 11.2 Å². The molecule has 0 spiro atoms. The van der Waals surface area contributed by atoms with Crippen LogP contribution in [0.2, 0.25) is 0 Å². The lowest BCUT2D eigenvalue weighted by Gasteiger charge is -2.11. The van der Waals surface area contributed by atoms with Gasteiger partial charge in [0.05, 0.1) is 6.42 Å². The zero-order valence-electron chi connectivity index (χ0n) is 11.8. The van der Waals surface area contributed by atoms with E-state index in [-0.39, 0.29) is 12.3 Å². The fourth-order valence-electron chi connectivity index (χ4n) is 2.80. The summed E-state index contributed by atoms with van der Waals surface area (Å²) in [4.78, 5) is 14.5. The molecule has 0 aliphatic rings. The topological polar surface area (TPSA) is 53.1 Å². The van der Waals surface area contributed by atoms with Crippen LogP contribution in [0.15, 0.2) is 18.2 Å². The summed E-state index contributed by atoms with van der Waals surface area (Å²) in [7, 11) is 0. The Balaban J connectivity index is 2.54. The first-order chi connectivity index (χ1) is 9.08. The number of H-pyrrole nitrogens is 1. The van der Waals surface area contributed by atoms with Gasteiger partial charge in [-0.3, -0.25) is 4.79 Å². The number of carbonyl (C=O) groups is 1. The van der Waals surface area contributed by atoms with Crippen LogP contribution in [0.1, 0.15) is 49.4 Å². The number of aryl methyl sites for hydroxylation is 2. The minimum absolute atomic E-state index is 0.0645. The molecule has 0 fully saturated rings. The number of hydrogen-bond donors (Lipinski definition) is 2. The molecule has 1 heterocycles. The number of fused-ring (bicyclic) bond motifs is 1. The molecule has 0 bridgehead atoms. The summed E-state index contributed by atoms with van der Waals surface area (Å²) < 4.78 is 0. The normalized spacial score (nSPS) is 12.8. The second kappa shape index (κ2) is 5.47. The molecule has 0 aliphatic carbocycles. The van der Waals surface area contributed by atoms with Gasteiger partial charge < -0.3 is 10.1 Å². The third-order valence-electron chi connectivity index (χ3n) is 3.92. The Morgan fingerprint density at radius 3 is 2.68 bits per heavy atom. The van der Waals surface area contributed by atoms with E-state index in [0.717, 1.165) is 18.5 Å². The Kier molecular flexibility index (Phi) is 3.93. The highest BCUT2D eigenvalue weighted by Gasteiger charge is 2.19. The SMILES string of the molecule is CCc1cccc2c(C)c(C(CC)CC(=O)O)[nH]c12. The van der Waals surface area contributed by atoms with Gasteiger partial charge in [-0.2, -0.15) is 0 Å². The van der Waals surface area contributed by atoms with Gasteiger partial charge in [0.2, 0.25) is 0 Å². The smallest absolute Gasteiger partial charge is 0.304 e. The summed E-state index contributed by atoms with van der Waals surface area (Å²) in [5, 5.41) is 10.2. The molecule has 0 saturated heterocycles. The lowest BCUT2D eigenvalue weighted by molar-refractivity contribution is -0.137. The molecule has 102 valence electrons. The maximum Gasteiger partial charge on any atom is 0.304 e. The van der Waals surface area contributed by atoms with E-state index in [9.17, 15) is 4.79 Å². The zero-order chi connectivity index (χ0) is 14.0. The van der Waals surface area contributed by atoms with Crippen molar-refractivity contribution in [2.75, 3.05) is 0 Å². The molecule has 0 aliphatic heterocycles. The fourth-order valence-corrected chi connectivity index (χ4v) is 2.80. The van der Waals surface area contributed by atoms with Crippen LogP contribution in [-0.4, -0.2) is 16.1 Å². The number of benzene rings is 1. The first-order valence-electron chi connectivity index (χ1n) is 6.90. The Hall–Kier alpha value is -1.77. The summed E-state index contributed by atoms with van der Waals surface area (Å²) in [6.45, 7) is 6.26. The quantitative estimate of drug-likeness (QED) is 0.852. The highest BCUT2D eigenvalue weighted by Crippen LogP contribution is 2.32. The molecule has 0 saturated carbocycles. The van der Waals surface area contributed by atoms with Gasteiger partial charge in [-0.05, 0) is 30.9 Å². The average molecular weight is 259 g/mol. The van der Waals surface area contributed by atoms with Gasteiger partial charge >= 0.3 is 5.97 Å². The predicted octanol–water partition coefficient (Wildman–Crippen LogP) is 4.01. The largest absolute Gasteiger partial charge is 0.481 e. The van der Waals surface area contributed by atoms with Crippen molar-refractivity contribution in [2.45, 2.75) is 46.0 Å². The van der Waals surface area contributed by atoms with Crippen molar-refractivity contribution in [1.29, 1.82) is 0 Å². The van der Waals surface area contributed by atoms with E-state index in [0.29, 0.717) is 0 Å². The van der Waals surface area contributed by atoms with Crippen molar-refractivity contribution >= 4 is 16.9 Å². The molecular weight excluding hydrogens is 238 g/mol. The highest BCUT2D eigenvalue weighted by molar-refractivity contribution is 5.87. The maximum atomic E-state index is 11.0. The molecule has 1 aromatic heterocycles. The Morgan fingerprint density at radius 1 is 1.37 bits per heavy atom. The maximum absolute atomic E-state index is 11.0. The minimum Gasteiger partial charge on any atom is -0.481 e. The summed E-state index contributed by atoms with van der Waals surface area (Å²) >= 11 is 0. The number of carboxylic acids is 1. The zero-order valence-corrected chi connectivity index (χ0v) is 11.8. The molecule has 1 unspecified atom stereocenters. The van der Waals surface area contributed by atoms with Crippen LogP contribution in [0.5, 0.6) is 0 Å². The minimum atomic E-state index is -0.736. The first-order valence-corrected chi connectivity index (χ1v) is 6.90. The van der Waals surface area contributed by atoms with E-state index >= 15 is 0 Å². The van der Waals surface area contributed by atoms with Gasteiger partial charge in [0.1, 0.15) is 0 Å². The number of nitrogens with one attached hydrogen (secondary N) is 1. The van der Waals surface area contributed by atoms with Crippen molar-refractivity contribution < 1.29 is 9.90 Å². The van der Waals surface area contributed by atoms with Crippen molar-refractivity contribution in [2.24, 2.45) is 0 Å². The highest BCUT2D eigenvalue weighted by atomic mass is 16.4. The first kappa shape index (κ1) is 13.7. The van der Waals surface area contributed by atoms with Crippen molar-refractivity contribution in [3.8, 4) is 0 Å². The van der Waals surface area contributed by atoms with E-state index in [2.05, 4.69) is 37.0 Å². The fraction of sp³-hybridized carbons (Fsp3) is 0.438. The van der Waals surface area contributed by atoms with E-state index in [1.54, 1.807) is 0 Å². The summed E-state index contributed by atoms with van der Waals surface area (Å²) in [5.74, 6) is -0.671. The number of aliphatic carboxylic acids is 1. The van der Waals surface area contributed by atoms with Crippen molar-refractivity contribution in [3.05, 3.63) is 35.0 Å². The predicted molar refractivity (Wildman–Crippen MR) is 77.7 cm³/mol. The summed E-state index contributed by atoms with van der Waals surface area (Å²) in [6, 6.07) is 6.31. The molecule has 2 N–H and O–H groups in total.